The number of nitrogens with zero attached hydrogens (tertiary/aromatic N) is 7. The number of imidazole rings is 2. The molecular formula is C17H21N9O6. The molecule has 0 radical (unpaired) electrons. The summed E-state index contributed by atoms with van der Waals surface area (Å²) >= 11 is 0. The van der Waals surface area contributed by atoms with Crippen LogP contribution >= 0.6 is 0 Å². The van der Waals surface area contributed by atoms with Crippen LogP contribution in [0.15, 0.2) is 28.6 Å². The summed E-state index contributed by atoms with van der Waals surface area (Å²) in [6.07, 6.45) is 0.0764. The molecule has 0 saturated carbocycles. The number of aliphatic hydroxyl groups is 3. The Hall–Kier alpha value is -3.66. The Bertz CT molecular complexity index is 1390. The van der Waals surface area contributed by atoms with Crippen molar-refractivity contribution in [1.82, 2.24) is 38.6 Å². The second-order valence-electron chi connectivity index (χ2n) is 7.16. The largest absolute Gasteiger partial charge is 0.394 e. The Balaban J connectivity index is 0.000000165. The molecule has 15 nitrogen and oxygen atoms in total. The number of rotatable bonds is 2. The van der Waals surface area contributed by atoms with E-state index in [1.807, 2.05) is 0 Å². The summed E-state index contributed by atoms with van der Waals surface area (Å²) in [5.41, 5.74) is 6.40. The molecule has 15 heteroatoms. The van der Waals surface area contributed by atoms with E-state index in [9.17, 15) is 19.8 Å². The minimum Gasteiger partial charge on any atom is -0.394 e. The van der Waals surface area contributed by atoms with Crippen LogP contribution in [0.4, 0.5) is 5.82 Å². The minimum atomic E-state index is -1.19. The van der Waals surface area contributed by atoms with Gasteiger partial charge in [-0.3, -0.25) is 18.9 Å². The molecule has 1 aliphatic heterocycles. The average molecular weight is 447 g/mol. The lowest BCUT2D eigenvalue weighted by molar-refractivity contribution is -0.0511. The first-order valence-electron chi connectivity index (χ1n) is 9.40. The molecule has 5 heterocycles. The van der Waals surface area contributed by atoms with Gasteiger partial charge in [-0.05, 0) is 0 Å². The number of aliphatic hydroxyl groups excluding tert-OH is 3. The van der Waals surface area contributed by atoms with Crippen LogP contribution in [-0.4, -0.2) is 78.9 Å². The van der Waals surface area contributed by atoms with Gasteiger partial charge in [0.1, 0.15) is 30.2 Å². The van der Waals surface area contributed by atoms with E-state index < -0.39 is 42.4 Å². The molecule has 1 fully saturated rings. The van der Waals surface area contributed by atoms with Crippen LogP contribution in [0.25, 0.3) is 22.3 Å². The number of aromatic amines is 1. The second kappa shape index (κ2) is 8.12. The van der Waals surface area contributed by atoms with Crippen molar-refractivity contribution in [2.45, 2.75) is 24.5 Å². The molecule has 0 amide bonds. The van der Waals surface area contributed by atoms with Crippen LogP contribution < -0.4 is 17.0 Å². The number of nitrogen functional groups attached to an aromatic ring is 1. The zero-order valence-corrected chi connectivity index (χ0v) is 17.0. The quantitative estimate of drug-likeness (QED) is 0.208. The van der Waals surface area contributed by atoms with E-state index in [-0.39, 0.29) is 5.82 Å². The molecule has 1 aliphatic rings. The first-order valence-corrected chi connectivity index (χ1v) is 9.40. The van der Waals surface area contributed by atoms with Crippen LogP contribution in [0.5, 0.6) is 0 Å². The molecule has 1 saturated heterocycles. The minimum absolute atomic E-state index is 0.218. The van der Waals surface area contributed by atoms with Gasteiger partial charge >= 0.3 is 5.69 Å². The third-order valence-corrected chi connectivity index (χ3v) is 5.15. The van der Waals surface area contributed by atoms with Crippen LogP contribution in [0.3, 0.4) is 0 Å². The summed E-state index contributed by atoms with van der Waals surface area (Å²) in [4.78, 5) is 40.5. The Labute approximate surface area is 178 Å². The molecule has 5 rings (SSSR count). The highest BCUT2D eigenvalue weighted by Crippen LogP contribution is 2.31. The predicted octanol–water partition coefficient (Wildman–Crippen LogP) is -3.02. The summed E-state index contributed by atoms with van der Waals surface area (Å²) in [5.74, 6) is 0.218. The number of ether oxygens (including phenoxy) is 1. The van der Waals surface area contributed by atoms with Crippen LogP contribution in [0.1, 0.15) is 6.23 Å². The Kier molecular flexibility index (Phi) is 5.47. The number of fused-ring (bicyclic) bond motifs is 2. The summed E-state index contributed by atoms with van der Waals surface area (Å²) in [6, 6.07) is 0. The van der Waals surface area contributed by atoms with Crippen molar-refractivity contribution in [3.8, 4) is 0 Å². The van der Waals surface area contributed by atoms with E-state index >= 15 is 0 Å². The molecule has 32 heavy (non-hydrogen) atoms. The van der Waals surface area contributed by atoms with Gasteiger partial charge in [0.2, 0.25) is 0 Å². The number of anilines is 1. The lowest BCUT2D eigenvalue weighted by atomic mass is 10.1. The van der Waals surface area contributed by atoms with Gasteiger partial charge in [0, 0.05) is 14.1 Å². The molecule has 0 bridgehead atoms. The van der Waals surface area contributed by atoms with E-state index in [0.717, 1.165) is 0 Å². The fourth-order valence-electron chi connectivity index (χ4n) is 3.43. The van der Waals surface area contributed by atoms with Gasteiger partial charge in [0.25, 0.3) is 5.56 Å². The maximum absolute atomic E-state index is 11.3. The number of hydrogen-bond donors (Lipinski definition) is 5. The highest BCUT2D eigenvalue weighted by atomic mass is 16.6. The summed E-state index contributed by atoms with van der Waals surface area (Å²) in [7, 11) is 3.27. The standard InChI is InChI=1S/C10H13N5O4.C7H8N4O2/c11-8-5-9(13-2-12-8)15(3-14-5)10-7(18)6(17)4(1-16)19-10;1-10-3-8-5-4(10)6(12)9-7(13)11(5)2/h2-4,6-7,10,16-18H,1H2,(H2,11,12,13);3H,1-2H3,(H,9,12,13)/t4-,6-,7-,10-;/m1./s1. The zero-order chi connectivity index (χ0) is 23.2. The van der Waals surface area contributed by atoms with Crippen LogP contribution in [0.2, 0.25) is 0 Å². The van der Waals surface area contributed by atoms with E-state index in [0.29, 0.717) is 22.3 Å². The molecule has 0 aromatic carbocycles. The first-order chi connectivity index (χ1) is 15.2. The summed E-state index contributed by atoms with van der Waals surface area (Å²) < 4.78 is 9.73. The highest BCUT2D eigenvalue weighted by molar-refractivity contribution is 5.81. The first kappa shape index (κ1) is 21.6. The Morgan fingerprint density at radius 1 is 1.09 bits per heavy atom. The van der Waals surface area contributed by atoms with Gasteiger partial charge in [-0.15, -0.1) is 0 Å². The van der Waals surface area contributed by atoms with Crippen molar-refractivity contribution in [3.63, 3.8) is 0 Å². The highest BCUT2D eigenvalue weighted by Gasteiger charge is 2.43. The van der Waals surface area contributed by atoms with Gasteiger partial charge in [0.15, 0.2) is 28.9 Å². The molecule has 4 aromatic heterocycles. The van der Waals surface area contributed by atoms with E-state index in [4.69, 9.17) is 15.6 Å². The summed E-state index contributed by atoms with van der Waals surface area (Å²) in [5, 5.41) is 28.7. The Morgan fingerprint density at radius 2 is 1.84 bits per heavy atom. The normalized spacial score (nSPS) is 22.9. The third kappa shape index (κ3) is 3.42. The lowest BCUT2D eigenvalue weighted by Gasteiger charge is -2.16. The zero-order valence-electron chi connectivity index (χ0n) is 17.0. The lowest BCUT2D eigenvalue weighted by Crippen LogP contribution is -2.33. The van der Waals surface area contributed by atoms with E-state index in [1.165, 1.54) is 28.1 Å². The van der Waals surface area contributed by atoms with Crippen LogP contribution in [-0.2, 0) is 18.8 Å². The van der Waals surface area contributed by atoms with Crippen molar-refractivity contribution in [2.24, 2.45) is 14.1 Å². The van der Waals surface area contributed by atoms with Crippen molar-refractivity contribution < 1.29 is 20.1 Å². The number of nitrogens with two attached hydrogens (primary N) is 1. The van der Waals surface area contributed by atoms with Crippen molar-refractivity contribution in [1.29, 1.82) is 0 Å². The van der Waals surface area contributed by atoms with Gasteiger partial charge in [-0.1, -0.05) is 0 Å². The molecule has 0 unspecified atom stereocenters. The Morgan fingerprint density at radius 3 is 2.53 bits per heavy atom. The number of aryl methyl sites for hydroxylation is 2. The maximum atomic E-state index is 11.3. The van der Waals surface area contributed by atoms with Crippen molar-refractivity contribution >= 4 is 28.1 Å². The van der Waals surface area contributed by atoms with Crippen molar-refractivity contribution in [2.75, 3.05) is 12.3 Å². The predicted molar refractivity (Wildman–Crippen MR) is 109 cm³/mol. The third-order valence-electron chi connectivity index (χ3n) is 5.15. The fourth-order valence-corrected chi connectivity index (χ4v) is 3.43. The fraction of sp³-hybridized carbons (Fsp3) is 0.412. The smallest absolute Gasteiger partial charge is 0.329 e. The summed E-state index contributed by atoms with van der Waals surface area (Å²) in [6.45, 7) is -0.390. The second-order valence-corrected chi connectivity index (χ2v) is 7.16. The number of aromatic nitrogens is 8. The van der Waals surface area contributed by atoms with E-state index in [1.54, 1.807) is 18.7 Å². The van der Waals surface area contributed by atoms with E-state index in [2.05, 4.69) is 24.9 Å². The molecule has 170 valence electrons. The van der Waals surface area contributed by atoms with Gasteiger partial charge in [-0.25, -0.2) is 24.7 Å². The van der Waals surface area contributed by atoms with Gasteiger partial charge in [-0.2, -0.15) is 0 Å². The molecule has 0 spiro atoms. The average Bonchev–Trinajstić information content (AvgIpc) is 3.44. The monoisotopic (exact) mass is 447 g/mol. The molecule has 0 aliphatic carbocycles. The van der Waals surface area contributed by atoms with Crippen molar-refractivity contribution in [3.05, 3.63) is 39.8 Å². The molecule has 4 atom stereocenters. The SMILES string of the molecule is Cn1cnc2c1c(=O)[nH]c(=O)n2C.Nc1ncnc2c1ncn2[C@@H]1O[C@H](CO)[C@@H](O)[C@H]1O. The number of nitrogens with one attached hydrogen (secondary N) is 1. The topological polar surface area (TPSA) is 212 Å². The van der Waals surface area contributed by atoms with Gasteiger partial charge in [0.05, 0.1) is 19.3 Å². The van der Waals surface area contributed by atoms with Gasteiger partial charge < -0.3 is 30.4 Å². The molecule has 6 N–H and O–H groups in total. The van der Waals surface area contributed by atoms with Crippen LogP contribution in [0, 0.1) is 0 Å². The molecule has 4 aromatic rings. The number of hydrogen-bond acceptors (Lipinski definition) is 11. The number of H-pyrrole nitrogens is 1. The molecular weight excluding hydrogens is 426 g/mol. The maximum Gasteiger partial charge on any atom is 0.329 e.